The topological polar surface area (TPSA) is 108 Å². The molecule has 0 fully saturated rings. The number of aromatic amines is 1. The Morgan fingerprint density at radius 1 is 0.854 bits per heavy atom. The Bertz CT molecular complexity index is 1990. The van der Waals surface area contributed by atoms with Gasteiger partial charge >= 0.3 is 5.69 Å². The molecule has 2 aromatic heterocycles. The number of pyridine rings is 1. The van der Waals surface area contributed by atoms with Crippen LogP contribution in [0.5, 0.6) is 0 Å². The number of hydrogen-bond donors (Lipinski definition) is 2. The summed E-state index contributed by atoms with van der Waals surface area (Å²) in [5.74, 6) is -0.521. The number of aromatic nitrogens is 3. The Balaban J connectivity index is 1.50. The molecule has 8 heteroatoms. The van der Waals surface area contributed by atoms with Crippen molar-refractivity contribution in [1.29, 1.82) is 0 Å². The predicted molar refractivity (Wildman–Crippen MR) is 157 cm³/mol. The molecule has 41 heavy (non-hydrogen) atoms. The lowest BCUT2D eigenvalue weighted by atomic mass is 9.93. The minimum absolute atomic E-state index is 0.0310. The van der Waals surface area contributed by atoms with Crippen molar-refractivity contribution in [3.63, 3.8) is 0 Å². The molecule has 0 aliphatic heterocycles. The van der Waals surface area contributed by atoms with Gasteiger partial charge in [-0.1, -0.05) is 78.9 Å². The first-order valence-electron chi connectivity index (χ1n) is 12.8. The molecule has 0 amide bonds. The largest absolute Gasteiger partial charge is 0.321 e. The lowest BCUT2D eigenvalue weighted by Crippen LogP contribution is -2.18. The first kappa shape index (κ1) is 25.4. The van der Waals surface area contributed by atoms with E-state index in [1.54, 1.807) is 35.0 Å². The van der Waals surface area contributed by atoms with Gasteiger partial charge in [0, 0.05) is 45.9 Å². The molecule has 8 nitrogen and oxygen atoms in total. The summed E-state index contributed by atoms with van der Waals surface area (Å²) in [6.45, 7) is 0. The minimum atomic E-state index is -0.565. The molecule has 0 spiro atoms. The Morgan fingerprint density at radius 2 is 1.49 bits per heavy atom. The molecule has 0 saturated heterocycles. The molecule has 2 N–H and O–H groups in total. The summed E-state index contributed by atoms with van der Waals surface area (Å²) < 4.78 is 1.75. The van der Waals surface area contributed by atoms with Crippen LogP contribution in [0.25, 0.3) is 45.1 Å². The highest BCUT2D eigenvalue weighted by Gasteiger charge is 2.22. The summed E-state index contributed by atoms with van der Waals surface area (Å²) in [6, 6.07) is 32.6. The van der Waals surface area contributed by atoms with E-state index in [1.807, 2.05) is 72.9 Å². The molecule has 4 aromatic carbocycles. The maximum Gasteiger partial charge on any atom is 0.317 e. The van der Waals surface area contributed by atoms with E-state index in [1.165, 1.54) is 24.3 Å². The van der Waals surface area contributed by atoms with E-state index >= 15 is 0 Å². The smallest absolute Gasteiger partial charge is 0.317 e. The highest BCUT2D eigenvalue weighted by atomic mass is 16.6. The van der Waals surface area contributed by atoms with Gasteiger partial charge in [-0.3, -0.25) is 9.59 Å². The van der Waals surface area contributed by atoms with E-state index in [2.05, 4.69) is 4.98 Å². The van der Waals surface area contributed by atoms with Crippen molar-refractivity contribution in [2.75, 3.05) is 0 Å². The SMILES string of the molecule is O=C(/C=C/c1cn(-c2ccccc2)nc1-c1ccccc1)c1c(-c2ccccc2)c2cc([N+](=O)O)ccc2[nH]c1=O. The lowest BCUT2D eigenvalue weighted by molar-refractivity contribution is -0.729. The second-order valence-corrected chi connectivity index (χ2v) is 9.35. The zero-order valence-electron chi connectivity index (χ0n) is 21.6. The molecule has 6 rings (SSSR count). The van der Waals surface area contributed by atoms with Crippen LogP contribution in [0.3, 0.4) is 0 Å². The molecule has 6 aromatic rings. The standard InChI is InChI=1S/C33H22N4O4/c38-29(19-16-24-21-36(25-14-8-3-9-15-25)35-32(24)23-12-6-2-7-13-23)31-30(22-10-4-1-5-11-22)27-20-26(37(40)41)17-18-28(27)34-33(31)39/h1-21H,(H-,34,38,39,40,41)/p+1/b19-16+. The Hall–Kier alpha value is -5.89. The zero-order chi connectivity index (χ0) is 28.3. The normalized spacial score (nSPS) is 11.2. The third-order valence-corrected chi connectivity index (χ3v) is 6.75. The number of H-pyrrole nitrogens is 1. The van der Waals surface area contributed by atoms with E-state index in [4.69, 9.17) is 5.10 Å². The fraction of sp³-hybridized carbons (Fsp3) is 0. The van der Waals surface area contributed by atoms with Gasteiger partial charge in [0.05, 0.1) is 21.9 Å². The summed E-state index contributed by atoms with van der Waals surface area (Å²) in [7, 11) is 0. The Kier molecular flexibility index (Phi) is 6.63. The quantitative estimate of drug-likeness (QED) is 0.133. The summed E-state index contributed by atoms with van der Waals surface area (Å²) in [6.07, 6.45) is 4.84. The number of benzene rings is 4. The summed E-state index contributed by atoms with van der Waals surface area (Å²) in [5.41, 5.74) is 3.84. The average Bonchev–Trinajstić information content (AvgIpc) is 3.44. The van der Waals surface area contributed by atoms with Crippen molar-refractivity contribution in [2.45, 2.75) is 0 Å². The van der Waals surface area contributed by atoms with Crippen LogP contribution >= 0.6 is 0 Å². The van der Waals surface area contributed by atoms with E-state index in [-0.39, 0.29) is 16.2 Å². The lowest BCUT2D eigenvalue weighted by Gasteiger charge is -2.11. The molecule has 0 aliphatic rings. The molecule has 0 radical (unpaired) electrons. The number of nitrogens with zero attached hydrogens (tertiary/aromatic N) is 3. The van der Waals surface area contributed by atoms with Gasteiger partial charge in [0.15, 0.2) is 5.78 Å². The number of ketones is 1. The number of nitrogens with one attached hydrogen (secondary N) is 1. The summed E-state index contributed by atoms with van der Waals surface area (Å²) in [4.78, 5) is 41.2. The van der Waals surface area contributed by atoms with Crippen LogP contribution in [-0.2, 0) is 0 Å². The van der Waals surface area contributed by atoms with E-state index in [0.29, 0.717) is 33.3 Å². The number of rotatable bonds is 7. The van der Waals surface area contributed by atoms with Crippen LogP contribution < -0.4 is 5.56 Å². The Labute approximate surface area is 234 Å². The van der Waals surface area contributed by atoms with E-state index < -0.39 is 11.3 Å². The average molecular weight is 540 g/mol. The molecule has 0 atom stereocenters. The predicted octanol–water partition coefficient (Wildman–Crippen LogP) is 6.74. The van der Waals surface area contributed by atoms with Crippen molar-refractivity contribution in [2.24, 2.45) is 0 Å². The monoisotopic (exact) mass is 539 g/mol. The second kappa shape index (κ2) is 10.7. The molecule has 0 unspecified atom stereocenters. The highest BCUT2D eigenvalue weighted by Crippen LogP contribution is 2.32. The van der Waals surface area contributed by atoms with Gasteiger partial charge in [-0.25, -0.2) is 9.89 Å². The van der Waals surface area contributed by atoms with Crippen molar-refractivity contribution >= 4 is 28.4 Å². The van der Waals surface area contributed by atoms with Gasteiger partial charge in [0.2, 0.25) is 0 Å². The number of allylic oxidation sites excluding steroid dienone is 1. The molecule has 0 aliphatic carbocycles. The minimum Gasteiger partial charge on any atom is -0.321 e. The van der Waals surface area contributed by atoms with Crippen LogP contribution in [0, 0.1) is 4.91 Å². The Morgan fingerprint density at radius 3 is 2.15 bits per heavy atom. The van der Waals surface area contributed by atoms with Crippen LogP contribution in [0.15, 0.2) is 126 Å². The number of para-hydroxylation sites is 1. The summed E-state index contributed by atoms with van der Waals surface area (Å²) in [5, 5.41) is 14.7. The van der Waals surface area contributed by atoms with Crippen molar-refractivity contribution in [3.05, 3.63) is 148 Å². The van der Waals surface area contributed by atoms with E-state index in [0.717, 1.165) is 11.3 Å². The molecular weight excluding hydrogens is 516 g/mol. The van der Waals surface area contributed by atoms with Crippen LogP contribution in [0.2, 0.25) is 0 Å². The van der Waals surface area contributed by atoms with E-state index in [9.17, 15) is 19.7 Å². The third kappa shape index (κ3) is 4.97. The number of fused-ring (bicyclic) bond motifs is 1. The number of carbonyl (C=O) groups excluding carboxylic acids is 1. The number of carbonyl (C=O) groups is 1. The molecule has 198 valence electrons. The van der Waals surface area contributed by atoms with Gasteiger partial charge in [0.1, 0.15) is 0 Å². The first-order valence-corrected chi connectivity index (χ1v) is 12.8. The van der Waals surface area contributed by atoms with Crippen LogP contribution in [0.1, 0.15) is 15.9 Å². The van der Waals surface area contributed by atoms with Crippen molar-refractivity contribution in [1.82, 2.24) is 14.8 Å². The summed E-state index contributed by atoms with van der Waals surface area (Å²) >= 11 is 0. The zero-order valence-corrected chi connectivity index (χ0v) is 21.6. The number of hydrogen-bond acceptors (Lipinski definition) is 4. The van der Waals surface area contributed by atoms with Gasteiger partial charge in [-0.05, 0) is 35.9 Å². The van der Waals surface area contributed by atoms with Crippen LogP contribution in [0.4, 0.5) is 5.69 Å². The van der Waals surface area contributed by atoms with Gasteiger partial charge in [0.25, 0.3) is 10.5 Å². The molecule has 0 bridgehead atoms. The maximum absolute atomic E-state index is 13.8. The molecular formula is C33H23N4O4+. The van der Waals surface area contributed by atoms with Crippen LogP contribution in [-0.4, -0.2) is 30.7 Å². The van der Waals surface area contributed by atoms with Gasteiger partial charge in [-0.15, -0.1) is 0 Å². The molecule has 2 heterocycles. The molecule has 0 saturated carbocycles. The van der Waals surface area contributed by atoms with Crippen molar-refractivity contribution in [3.8, 4) is 28.1 Å². The van der Waals surface area contributed by atoms with Gasteiger partial charge in [-0.2, -0.15) is 5.10 Å². The second-order valence-electron chi connectivity index (χ2n) is 9.35. The highest BCUT2D eigenvalue weighted by molar-refractivity contribution is 6.15. The fourth-order valence-electron chi connectivity index (χ4n) is 4.83. The first-order chi connectivity index (χ1) is 20.0. The van der Waals surface area contributed by atoms with Crippen molar-refractivity contribution < 1.29 is 14.9 Å². The van der Waals surface area contributed by atoms with Gasteiger partial charge < -0.3 is 4.98 Å². The third-order valence-electron chi connectivity index (χ3n) is 6.75. The maximum atomic E-state index is 13.8. The fourth-order valence-corrected chi connectivity index (χ4v) is 4.83.